The Morgan fingerprint density at radius 1 is 1.38 bits per heavy atom. The number of carbonyl (C=O) groups is 2. The van der Waals surface area contributed by atoms with Gasteiger partial charge in [-0.2, -0.15) is 10.2 Å². The van der Waals surface area contributed by atoms with Gasteiger partial charge in [-0.25, -0.2) is 0 Å². The van der Waals surface area contributed by atoms with Gasteiger partial charge in [-0.3, -0.25) is 9.59 Å². The molecule has 0 aromatic heterocycles. The van der Waals surface area contributed by atoms with E-state index in [1.165, 1.54) is 0 Å². The molecule has 0 aromatic rings. The fourth-order valence-electron chi connectivity index (χ4n) is 2.88. The molecule has 21 heavy (non-hydrogen) atoms. The Morgan fingerprint density at radius 3 is 2.76 bits per heavy atom. The van der Waals surface area contributed by atoms with Crippen LogP contribution in [0.1, 0.15) is 44.9 Å². The van der Waals surface area contributed by atoms with E-state index in [1.54, 1.807) is 0 Å². The predicted molar refractivity (Wildman–Crippen MR) is 78.0 cm³/mol. The zero-order chi connectivity index (χ0) is 15.3. The van der Waals surface area contributed by atoms with Crippen molar-refractivity contribution in [3.63, 3.8) is 0 Å². The first kappa shape index (κ1) is 15.5. The predicted octanol–water partition coefficient (Wildman–Crippen LogP) is 1.46. The van der Waals surface area contributed by atoms with E-state index in [0.29, 0.717) is 32.2 Å². The lowest BCUT2D eigenvalue weighted by Gasteiger charge is -2.32. The molecule has 6 nitrogen and oxygen atoms in total. The zero-order valence-electron chi connectivity index (χ0n) is 12.3. The number of hydrogen-bond acceptors (Lipinski definition) is 4. The molecule has 1 saturated heterocycles. The molecule has 6 heteroatoms. The molecule has 0 aromatic carbocycles. The topological polar surface area (TPSA) is 88.1 Å². The second kappa shape index (κ2) is 6.70. The molecule has 0 aliphatic carbocycles. The van der Waals surface area contributed by atoms with Crippen LogP contribution in [0.5, 0.6) is 0 Å². The van der Waals surface area contributed by atoms with Crippen LogP contribution < -0.4 is 5.73 Å². The van der Waals surface area contributed by atoms with Crippen molar-refractivity contribution in [3.05, 3.63) is 0 Å². The van der Waals surface area contributed by atoms with Gasteiger partial charge in [0.25, 0.3) is 0 Å². The normalized spacial score (nSPS) is 22.6. The maximum atomic E-state index is 12.3. The molecule has 1 atom stereocenters. The monoisotopic (exact) mass is 290 g/mol. The number of piperidine rings is 1. The summed E-state index contributed by atoms with van der Waals surface area (Å²) < 4.78 is 0. The number of nitrogens with two attached hydrogens (primary N) is 1. The average molecular weight is 290 g/mol. The van der Waals surface area contributed by atoms with Crippen molar-refractivity contribution < 1.29 is 9.59 Å². The van der Waals surface area contributed by atoms with Crippen molar-refractivity contribution in [2.75, 3.05) is 13.1 Å². The molecule has 0 saturated carbocycles. The lowest BCUT2D eigenvalue weighted by atomic mass is 9.94. The number of amides is 2. The van der Waals surface area contributed by atoms with Gasteiger partial charge in [0.05, 0.1) is 0 Å². The van der Waals surface area contributed by atoms with Gasteiger partial charge in [0, 0.05) is 45.2 Å². The molecule has 0 spiro atoms. The second-order valence-electron chi connectivity index (χ2n) is 5.91. The van der Waals surface area contributed by atoms with E-state index in [9.17, 15) is 9.59 Å². The molecule has 1 unspecified atom stereocenters. The Bertz CT molecular complexity index is 475. The van der Waals surface area contributed by atoms with Gasteiger partial charge >= 0.3 is 0 Å². The molecular formula is C15H22N4O2. The Morgan fingerprint density at radius 2 is 2.14 bits per heavy atom. The summed E-state index contributed by atoms with van der Waals surface area (Å²) in [7, 11) is 0. The number of rotatable bonds is 7. The van der Waals surface area contributed by atoms with E-state index in [4.69, 9.17) is 12.2 Å². The third-order valence-corrected chi connectivity index (χ3v) is 4.15. The van der Waals surface area contributed by atoms with Gasteiger partial charge in [0.1, 0.15) is 0 Å². The third kappa shape index (κ3) is 4.55. The highest BCUT2D eigenvalue weighted by molar-refractivity contribution is 5.77. The molecule has 114 valence electrons. The largest absolute Gasteiger partial charge is 0.370 e. The smallest absolute Gasteiger partial charge is 0.222 e. The lowest BCUT2D eigenvalue weighted by molar-refractivity contribution is -0.134. The van der Waals surface area contributed by atoms with Gasteiger partial charge in [-0.05, 0) is 18.8 Å². The Balaban J connectivity index is 1.75. The fourth-order valence-corrected chi connectivity index (χ4v) is 2.88. The first-order valence-corrected chi connectivity index (χ1v) is 7.48. The summed E-state index contributed by atoms with van der Waals surface area (Å²) in [5, 5.41) is 8.08. The van der Waals surface area contributed by atoms with Gasteiger partial charge in [-0.15, -0.1) is 12.3 Å². The average Bonchev–Trinajstić information content (AvgIpc) is 3.23. The summed E-state index contributed by atoms with van der Waals surface area (Å²) in [5.74, 6) is 2.60. The maximum absolute atomic E-state index is 12.3. The van der Waals surface area contributed by atoms with Gasteiger partial charge in [0.15, 0.2) is 5.66 Å². The summed E-state index contributed by atoms with van der Waals surface area (Å²) in [4.78, 5) is 25.1. The van der Waals surface area contributed by atoms with Gasteiger partial charge in [-0.1, -0.05) is 0 Å². The van der Waals surface area contributed by atoms with Crippen LogP contribution in [-0.2, 0) is 9.59 Å². The number of hydrogen-bond donors (Lipinski definition) is 1. The van der Waals surface area contributed by atoms with E-state index in [-0.39, 0.29) is 17.7 Å². The number of carbonyl (C=O) groups excluding carboxylic acids is 2. The van der Waals surface area contributed by atoms with Crippen LogP contribution in [0.2, 0.25) is 0 Å². The first-order chi connectivity index (χ1) is 10.0. The van der Waals surface area contributed by atoms with Crippen LogP contribution in [0.25, 0.3) is 0 Å². The molecule has 2 N–H and O–H groups in total. The fraction of sp³-hybridized carbons (Fsp3) is 0.733. The number of nitrogens with zero attached hydrogens (tertiary/aromatic N) is 3. The molecule has 2 heterocycles. The lowest BCUT2D eigenvalue weighted by Crippen LogP contribution is -2.41. The zero-order valence-corrected chi connectivity index (χ0v) is 12.3. The van der Waals surface area contributed by atoms with Crippen molar-refractivity contribution in [1.82, 2.24) is 4.90 Å². The van der Waals surface area contributed by atoms with Crippen molar-refractivity contribution >= 4 is 11.8 Å². The molecular weight excluding hydrogens is 268 g/mol. The van der Waals surface area contributed by atoms with Crippen LogP contribution >= 0.6 is 0 Å². The highest BCUT2D eigenvalue weighted by atomic mass is 16.2. The molecule has 2 amide bonds. The van der Waals surface area contributed by atoms with Gasteiger partial charge < -0.3 is 10.6 Å². The van der Waals surface area contributed by atoms with E-state index < -0.39 is 5.66 Å². The minimum atomic E-state index is -0.398. The quantitative estimate of drug-likeness (QED) is 0.719. The van der Waals surface area contributed by atoms with Crippen molar-refractivity contribution in [2.45, 2.75) is 50.6 Å². The first-order valence-electron chi connectivity index (χ1n) is 7.48. The van der Waals surface area contributed by atoms with Crippen LogP contribution in [0.4, 0.5) is 0 Å². The molecule has 0 bridgehead atoms. The van der Waals surface area contributed by atoms with E-state index in [2.05, 4.69) is 16.1 Å². The standard InChI is InChI=1S/C15H22N4O2/c1-2-3-7-15(17-18-15)8-6-14(21)19-9-4-5-12(11-19)10-13(16)20/h1,12H,3-11H2,(H2,16,20). The molecule has 2 rings (SSSR count). The molecule has 2 aliphatic rings. The Labute approximate surface area is 125 Å². The van der Waals surface area contributed by atoms with Crippen molar-refractivity contribution in [3.8, 4) is 12.3 Å². The van der Waals surface area contributed by atoms with Crippen molar-refractivity contribution in [2.24, 2.45) is 21.9 Å². The number of primary amides is 1. The summed E-state index contributed by atoms with van der Waals surface area (Å²) in [5.41, 5.74) is 4.83. The van der Waals surface area contributed by atoms with Crippen molar-refractivity contribution in [1.29, 1.82) is 0 Å². The minimum Gasteiger partial charge on any atom is -0.370 e. The van der Waals surface area contributed by atoms with Crippen LogP contribution in [0.15, 0.2) is 10.2 Å². The molecule has 2 aliphatic heterocycles. The minimum absolute atomic E-state index is 0.113. The Hall–Kier alpha value is -1.90. The van der Waals surface area contributed by atoms with Gasteiger partial charge in [0.2, 0.25) is 11.8 Å². The third-order valence-electron chi connectivity index (χ3n) is 4.15. The van der Waals surface area contributed by atoms with E-state index in [1.807, 2.05) is 4.90 Å². The SMILES string of the molecule is C#CCCC1(CCC(=O)N2CCCC(CC(N)=O)C2)N=N1. The second-order valence-corrected chi connectivity index (χ2v) is 5.91. The number of likely N-dealkylation sites (tertiary alicyclic amines) is 1. The molecule has 1 fully saturated rings. The summed E-state index contributed by atoms with van der Waals surface area (Å²) in [6, 6.07) is 0. The summed E-state index contributed by atoms with van der Waals surface area (Å²) >= 11 is 0. The van der Waals surface area contributed by atoms with Crippen LogP contribution in [-0.4, -0.2) is 35.5 Å². The maximum Gasteiger partial charge on any atom is 0.222 e. The summed E-state index contributed by atoms with van der Waals surface area (Å²) in [6.45, 7) is 1.40. The van der Waals surface area contributed by atoms with Crippen LogP contribution in [0, 0.1) is 18.3 Å². The molecule has 0 radical (unpaired) electrons. The highest BCUT2D eigenvalue weighted by Crippen LogP contribution is 2.37. The summed E-state index contributed by atoms with van der Waals surface area (Å²) in [6.07, 6.45) is 9.91. The van der Waals surface area contributed by atoms with Crippen LogP contribution in [0.3, 0.4) is 0 Å². The Kier molecular flexibility index (Phi) is 4.94. The van der Waals surface area contributed by atoms with E-state index in [0.717, 1.165) is 25.8 Å². The van der Waals surface area contributed by atoms with E-state index >= 15 is 0 Å². The highest BCUT2D eigenvalue weighted by Gasteiger charge is 2.39. The number of terminal acetylenes is 1.